The number of urea groups is 1. The quantitative estimate of drug-likeness (QED) is 0.557. The molecule has 0 aromatic heterocycles. The van der Waals surface area contributed by atoms with Gasteiger partial charge in [-0.1, -0.05) is 0 Å². The molecule has 1 aliphatic heterocycles. The van der Waals surface area contributed by atoms with E-state index in [4.69, 9.17) is 4.84 Å². The van der Waals surface area contributed by atoms with Crippen LogP contribution in [-0.4, -0.2) is 40.4 Å². The van der Waals surface area contributed by atoms with Crippen LogP contribution in [0.1, 0.15) is 34.6 Å². The minimum Gasteiger partial charge on any atom is -0.324 e. The lowest BCUT2D eigenvalue weighted by Gasteiger charge is -2.20. The van der Waals surface area contributed by atoms with Crippen LogP contribution in [0.25, 0.3) is 0 Å². The first kappa shape index (κ1) is 14.4. The molecule has 1 fully saturated rings. The fourth-order valence-corrected chi connectivity index (χ4v) is 1.35. The molecule has 0 aliphatic carbocycles. The molecule has 1 heterocycles. The highest BCUT2D eigenvalue weighted by Crippen LogP contribution is 2.16. The molecule has 0 aromatic carbocycles. The molecule has 0 atom stereocenters. The summed E-state index contributed by atoms with van der Waals surface area (Å²) in [6.07, 6.45) is 0. The van der Waals surface area contributed by atoms with Gasteiger partial charge in [-0.2, -0.15) is 0 Å². The van der Waals surface area contributed by atoms with Crippen LogP contribution in [0, 0.1) is 0 Å². The molecule has 0 saturated carbocycles. The van der Waals surface area contributed by atoms with E-state index >= 15 is 0 Å². The van der Waals surface area contributed by atoms with E-state index in [9.17, 15) is 14.4 Å². The summed E-state index contributed by atoms with van der Waals surface area (Å²) in [5, 5.41) is 2.49. The Morgan fingerprint density at radius 1 is 1.39 bits per heavy atom. The molecule has 0 unspecified atom stereocenters. The van der Waals surface area contributed by atoms with Gasteiger partial charge in [-0.3, -0.25) is 19.3 Å². The monoisotopic (exact) mass is 257 g/mol. The minimum absolute atomic E-state index is 0.357. The number of nitrogens with zero attached hydrogens (tertiary/aromatic N) is 1. The third-order valence-corrected chi connectivity index (χ3v) is 2.22. The van der Waals surface area contributed by atoms with Crippen molar-refractivity contribution in [3.63, 3.8) is 0 Å². The maximum atomic E-state index is 11.8. The van der Waals surface area contributed by atoms with Crippen LogP contribution >= 0.6 is 0 Å². The van der Waals surface area contributed by atoms with Crippen LogP contribution in [0.2, 0.25) is 0 Å². The van der Waals surface area contributed by atoms with Crippen molar-refractivity contribution in [2.75, 3.05) is 6.54 Å². The summed E-state index contributed by atoms with van der Waals surface area (Å²) >= 11 is 0. The topological polar surface area (TPSA) is 87.7 Å². The van der Waals surface area contributed by atoms with Gasteiger partial charge in [0.05, 0.1) is 5.60 Å². The second-order valence-electron chi connectivity index (χ2n) is 5.69. The lowest BCUT2D eigenvalue weighted by molar-refractivity contribution is -0.148. The average molecular weight is 257 g/mol. The highest BCUT2D eigenvalue weighted by Gasteiger charge is 2.44. The molecule has 7 heteroatoms. The summed E-state index contributed by atoms with van der Waals surface area (Å²) < 4.78 is 0. The molecule has 102 valence electrons. The van der Waals surface area contributed by atoms with Gasteiger partial charge >= 0.3 is 6.03 Å². The maximum Gasteiger partial charge on any atom is 0.325 e. The van der Waals surface area contributed by atoms with Crippen molar-refractivity contribution < 1.29 is 19.2 Å². The van der Waals surface area contributed by atoms with Gasteiger partial charge < -0.3 is 5.32 Å². The second-order valence-corrected chi connectivity index (χ2v) is 5.69. The number of rotatable bonds is 3. The highest BCUT2D eigenvalue weighted by molar-refractivity contribution is 6.08. The van der Waals surface area contributed by atoms with Gasteiger partial charge in [0.25, 0.3) is 11.8 Å². The molecule has 1 saturated heterocycles. The van der Waals surface area contributed by atoms with E-state index in [1.165, 1.54) is 0 Å². The number of carbonyl (C=O) groups excluding carboxylic acids is 3. The zero-order chi connectivity index (χ0) is 14.1. The number of imide groups is 1. The van der Waals surface area contributed by atoms with E-state index in [2.05, 4.69) is 10.8 Å². The predicted molar refractivity (Wildman–Crippen MR) is 63.3 cm³/mol. The zero-order valence-electron chi connectivity index (χ0n) is 11.3. The van der Waals surface area contributed by atoms with Gasteiger partial charge in [-0.15, -0.1) is 0 Å². The largest absolute Gasteiger partial charge is 0.325 e. The summed E-state index contributed by atoms with van der Waals surface area (Å²) in [6.45, 7) is 8.11. The number of amides is 4. The van der Waals surface area contributed by atoms with Crippen LogP contribution in [-0.2, 0) is 14.4 Å². The van der Waals surface area contributed by atoms with Crippen LogP contribution in [0.3, 0.4) is 0 Å². The molecular formula is C11H19N3O4. The predicted octanol–water partition coefficient (Wildman–Crippen LogP) is 0.163. The molecule has 18 heavy (non-hydrogen) atoms. The lowest BCUT2D eigenvalue weighted by Crippen LogP contribution is -2.44. The standard InChI is InChI=1S/C11H19N3O4/c1-10(2,3)18-13-7(15)6-14-8(16)11(4,5)12-9(14)17/h6H2,1-5H3,(H,12,17)(H,13,15). The fourth-order valence-electron chi connectivity index (χ4n) is 1.35. The molecule has 2 N–H and O–H groups in total. The Bertz CT molecular complexity index is 384. The van der Waals surface area contributed by atoms with E-state index in [-0.39, 0.29) is 6.54 Å². The maximum absolute atomic E-state index is 11.8. The Labute approximate surface area is 106 Å². The van der Waals surface area contributed by atoms with E-state index in [0.717, 1.165) is 4.90 Å². The van der Waals surface area contributed by atoms with Crippen LogP contribution in [0.4, 0.5) is 4.79 Å². The molecule has 1 aliphatic rings. The average Bonchev–Trinajstić information content (AvgIpc) is 2.37. The Balaban J connectivity index is 2.56. The van der Waals surface area contributed by atoms with Gasteiger partial charge in [0, 0.05) is 0 Å². The molecular weight excluding hydrogens is 238 g/mol. The number of nitrogens with one attached hydrogen (secondary N) is 2. The summed E-state index contributed by atoms with van der Waals surface area (Å²) in [5.74, 6) is -0.982. The lowest BCUT2D eigenvalue weighted by atomic mass is 10.1. The smallest absolute Gasteiger partial charge is 0.324 e. The molecule has 1 rings (SSSR count). The molecule has 0 spiro atoms. The zero-order valence-corrected chi connectivity index (χ0v) is 11.3. The number of hydrogen-bond acceptors (Lipinski definition) is 4. The Morgan fingerprint density at radius 3 is 2.33 bits per heavy atom. The van der Waals surface area contributed by atoms with Crippen molar-refractivity contribution in [1.29, 1.82) is 0 Å². The summed E-state index contributed by atoms with van der Waals surface area (Å²) in [4.78, 5) is 40.8. The third-order valence-electron chi connectivity index (χ3n) is 2.22. The first-order chi connectivity index (χ1) is 8.03. The van der Waals surface area contributed by atoms with E-state index < -0.39 is 29.0 Å². The van der Waals surface area contributed by atoms with Crippen molar-refractivity contribution in [2.45, 2.75) is 45.8 Å². The third kappa shape index (κ3) is 3.43. The van der Waals surface area contributed by atoms with Gasteiger partial charge in [-0.25, -0.2) is 10.3 Å². The van der Waals surface area contributed by atoms with Crippen molar-refractivity contribution in [3.8, 4) is 0 Å². The van der Waals surface area contributed by atoms with E-state index in [1.807, 2.05) is 0 Å². The summed E-state index contributed by atoms with van der Waals surface area (Å²) in [7, 11) is 0. The van der Waals surface area contributed by atoms with Gasteiger partial charge in [0.15, 0.2) is 0 Å². The van der Waals surface area contributed by atoms with Gasteiger partial charge in [-0.05, 0) is 34.6 Å². The fraction of sp³-hybridized carbons (Fsp3) is 0.727. The normalized spacial score (nSPS) is 18.8. The van der Waals surface area contributed by atoms with Crippen molar-refractivity contribution in [1.82, 2.24) is 15.7 Å². The summed E-state index contributed by atoms with van der Waals surface area (Å²) in [6, 6.07) is -0.573. The van der Waals surface area contributed by atoms with Gasteiger partial charge in [0.1, 0.15) is 12.1 Å². The van der Waals surface area contributed by atoms with Crippen LogP contribution in [0.15, 0.2) is 0 Å². The van der Waals surface area contributed by atoms with Crippen molar-refractivity contribution in [2.24, 2.45) is 0 Å². The first-order valence-electron chi connectivity index (χ1n) is 5.64. The number of hydroxylamine groups is 1. The minimum atomic E-state index is -0.970. The Hall–Kier alpha value is -1.63. The molecule has 0 bridgehead atoms. The van der Waals surface area contributed by atoms with Crippen molar-refractivity contribution in [3.05, 3.63) is 0 Å². The number of hydrogen-bond donors (Lipinski definition) is 2. The van der Waals surface area contributed by atoms with Crippen LogP contribution in [0.5, 0.6) is 0 Å². The van der Waals surface area contributed by atoms with E-state index in [1.54, 1.807) is 34.6 Å². The highest BCUT2D eigenvalue weighted by atomic mass is 16.7. The second kappa shape index (κ2) is 4.56. The summed E-state index contributed by atoms with van der Waals surface area (Å²) in [5.41, 5.74) is 0.700. The number of carbonyl (C=O) groups is 3. The first-order valence-corrected chi connectivity index (χ1v) is 5.64. The SMILES string of the molecule is CC(C)(C)ONC(=O)CN1C(=O)NC(C)(C)C1=O. The van der Waals surface area contributed by atoms with Crippen LogP contribution < -0.4 is 10.8 Å². The van der Waals surface area contributed by atoms with Crippen molar-refractivity contribution >= 4 is 17.8 Å². The molecule has 7 nitrogen and oxygen atoms in total. The molecule has 0 aromatic rings. The Morgan fingerprint density at radius 2 is 1.94 bits per heavy atom. The molecule has 0 radical (unpaired) electrons. The van der Waals surface area contributed by atoms with E-state index in [0.29, 0.717) is 0 Å². The molecule has 4 amide bonds. The Kier molecular flexibility index (Phi) is 3.66. The van der Waals surface area contributed by atoms with Gasteiger partial charge in [0.2, 0.25) is 0 Å².